The predicted octanol–water partition coefficient (Wildman–Crippen LogP) is 4.89. The van der Waals surface area contributed by atoms with Gasteiger partial charge in [0.25, 0.3) is 5.91 Å². The highest BCUT2D eigenvalue weighted by Gasteiger charge is 2.67. The third-order valence-electron chi connectivity index (χ3n) is 3.03. The first-order valence-corrected chi connectivity index (χ1v) is 9.20. The van der Waals surface area contributed by atoms with Crippen molar-refractivity contribution >= 4 is 34.4 Å². The molecule has 0 atom stereocenters. The number of amides is 1. The number of nitrogens with one attached hydrogen (secondary N) is 1. The van der Waals surface area contributed by atoms with E-state index in [-0.39, 0.29) is 5.56 Å². The standard InChI is InChI=1S/C16H12F5NO5S/c17-28(18,19,20,21)27-14-4-2-1-3-13(14)22-15(24)10-26-16(25)12-7-5-11(9-23)6-8-12/h1-9H,10H2,(H,22,24). The van der Waals surface area contributed by atoms with Crippen molar-refractivity contribution in [3.8, 4) is 5.75 Å². The highest BCUT2D eigenvalue weighted by molar-refractivity contribution is 8.42. The van der Waals surface area contributed by atoms with Crippen molar-refractivity contribution in [3.63, 3.8) is 0 Å². The lowest BCUT2D eigenvalue weighted by Crippen LogP contribution is -2.22. The number of rotatable bonds is 7. The Morgan fingerprint density at radius 3 is 2.14 bits per heavy atom. The summed E-state index contributed by atoms with van der Waals surface area (Å²) in [4.78, 5) is 34.1. The fourth-order valence-electron chi connectivity index (χ4n) is 1.91. The van der Waals surface area contributed by atoms with Crippen LogP contribution < -0.4 is 9.50 Å². The van der Waals surface area contributed by atoms with E-state index >= 15 is 0 Å². The van der Waals surface area contributed by atoms with E-state index in [1.54, 1.807) is 0 Å². The van der Waals surface area contributed by atoms with E-state index in [1.165, 1.54) is 30.3 Å². The molecule has 0 heterocycles. The van der Waals surface area contributed by atoms with Crippen molar-refractivity contribution in [2.45, 2.75) is 0 Å². The zero-order valence-corrected chi connectivity index (χ0v) is 14.6. The van der Waals surface area contributed by atoms with Gasteiger partial charge in [-0.25, -0.2) is 4.79 Å². The lowest BCUT2D eigenvalue weighted by atomic mass is 10.1. The van der Waals surface area contributed by atoms with E-state index < -0.39 is 40.4 Å². The first kappa shape index (κ1) is 21.2. The second-order valence-electron chi connectivity index (χ2n) is 5.34. The van der Waals surface area contributed by atoms with Crippen LogP contribution >= 0.6 is 10.5 Å². The molecule has 2 rings (SSSR count). The number of carbonyl (C=O) groups is 3. The van der Waals surface area contributed by atoms with Crippen LogP contribution in [0.25, 0.3) is 0 Å². The van der Waals surface area contributed by atoms with Crippen LogP contribution in [0.4, 0.5) is 25.1 Å². The number of halogens is 5. The fourth-order valence-corrected chi connectivity index (χ4v) is 2.40. The van der Waals surface area contributed by atoms with Gasteiger partial charge in [0.2, 0.25) is 0 Å². The smallest absolute Gasteiger partial charge is 0.435 e. The van der Waals surface area contributed by atoms with Gasteiger partial charge in [0, 0.05) is 5.56 Å². The highest BCUT2D eigenvalue weighted by atomic mass is 32.5. The molecule has 0 aliphatic rings. The summed E-state index contributed by atoms with van der Waals surface area (Å²) < 4.78 is 70.1. The number of anilines is 1. The Hall–Kier alpha value is -3.15. The predicted molar refractivity (Wildman–Crippen MR) is 90.9 cm³/mol. The van der Waals surface area contributed by atoms with Crippen LogP contribution in [0.2, 0.25) is 0 Å². The molecule has 28 heavy (non-hydrogen) atoms. The number of carbonyl (C=O) groups excluding carboxylic acids is 3. The molecule has 2 aromatic carbocycles. The quantitative estimate of drug-likeness (QED) is 0.388. The minimum Gasteiger partial charge on any atom is -0.452 e. The largest absolute Gasteiger partial charge is 0.452 e. The van der Waals surface area contributed by atoms with Gasteiger partial charge >= 0.3 is 16.5 Å². The topological polar surface area (TPSA) is 81.7 Å². The summed E-state index contributed by atoms with van der Waals surface area (Å²) in [5, 5.41) is 1.89. The average Bonchev–Trinajstić information content (AvgIpc) is 2.59. The molecule has 2 aromatic rings. The number of ether oxygens (including phenoxy) is 1. The number of benzene rings is 2. The molecule has 0 fully saturated rings. The zero-order valence-electron chi connectivity index (χ0n) is 13.7. The minimum absolute atomic E-state index is 0.0167. The molecular weight excluding hydrogens is 413 g/mol. The second-order valence-corrected chi connectivity index (χ2v) is 7.30. The highest BCUT2D eigenvalue weighted by Crippen LogP contribution is 2.97. The first-order valence-electron chi connectivity index (χ1n) is 7.32. The van der Waals surface area contributed by atoms with Crippen molar-refractivity contribution in [1.29, 1.82) is 0 Å². The van der Waals surface area contributed by atoms with Crippen molar-refractivity contribution in [2.24, 2.45) is 0 Å². The summed E-state index contributed by atoms with van der Waals surface area (Å²) in [5.41, 5.74) is -0.370. The molecular formula is C16H12F5NO5S. The van der Waals surface area contributed by atoms with Crippen molar-refractivity contribution < 1.29 is 42.7 Å². The molecule has 152 valence electrons. The lowest BCUT2D eigenvalue weighted by Gasteiger charge is -2.39. The maximum atomic E-state index is 12.5. The maximum absolute atomic E-state index is 12.5. The summed E-state index contributed by atoms with van der Waals surface area (Å²) in [7, 11) is -10.2. The van der Waals surface area contributed by atoms with Crippen molar-refractivity contribution in [3.05, 3.63) is 59.7 Å². The summed E-state index contributed by atoms with van der Waals surface area (Å²) in [5.74, 6) is -3.34. The summed E-state index contributed by atoms with van der Waals surface area (Å²) in [6.45, 7) is -0.904. The van der Waals surface area contributed by atoms with E-state index in [9.17, 15) is 33.8 Å². The van der Waals surface area contributed by atoms with E-state index in [0.29, 0.717) is 17.9 Å². The fraction of sp³-hybridized carbons (Fsp3) is 0.0625. The number of hydrogen-bond acceptors (Lipinski definition) is 5. The Labute approximate surface area is 155 Å². The van der Waals surface area contributed by atoms with Crippen LogP contribution in [0.5, 0.6) is 5.75 Å². The molecule has 1 amide bonds. The molecule has 0 radical (unpaired) electrons. The van der Waals surface area contributed by atoms with Crippen LogP contribution in [0.3, 0.4) is 0 Å². The van der Waals surface area contributed by atoms with E-state index in [1.807, 2.05) is 5.32 Å². The summed E-state index contributed by atoms with van der Waals surface area (Å²) >= 11 is 0. The first-order chi connectivity index (χ1) is 12.8. The lowest BCUT2D eigenvalue weighted by molar-refractivity contribution is -0.119. The minimum atomic E-state index is -10.2. The normalized spacial score (nSPS) is 13.6. The molecule has 0 spiro atoms. The Morgan fingerprint density at radius 2 is 1.57 bits per heavy atom. The van der Waals surface area contributed by atoms with Crippen LogP contribution in [-0.4, -0.2) is 24.8 Å². The van der Waals surface area contributed by atoms with Gasteiger partial charge in [-0.05, 0) is 24.3 Å². The molecule has 0 bridgehead atoms. The van der Waals surface area contributed by atoms with E-state index in [0.717, 1.165) is 12.1 Å². The van der Waals surface area contributed by atoms with E-state index in [2.05, 4.69) is 8.92 Å². The van der Waals surface area contributed by atoms with Gasteiger partial charge in [-0.15, -0.1) is 0 Å². The Kier molecular flexibility index (Phi) is 5.12. The van der Waals surface area contributed by atoms with Gasteiger partial charge in [0.15, 0.2) is 12.4 Å². The van der Waals surface area contributed by atoms with Crippen molar-refractivity contribution in [2.75, 3.05) is 11.9 Å². The van der Waals surface area contributed by atoms with Gasteiger partial charge in [-0.1, -0.05) is 43.7 Å². The van der Waals surface area contributed by atoms with Gasteiger partial charge in [-0.2, -0.15) is 0 Å². The molecule has 0 aliphatic carbocycles. The van der Waals surface area contributed by atoms with Crippen LogP contribution in [0.1, 0.15) is 20.7 Å². The second kappa shape index (κ2) is 6.78. The summed E-state index contributed by atoms with van der Waals surface area (Å²) in [6, 6.07) is 8.86. The van der Waals surface area contributed by atoms with E-state index in [4.69, 9.17) is 0 Å². The third-order valence-corrected chi connectivity index (χ3v) is 3.52. The Morgan fingerprint density at radius 1 is 0.964 bits per heavy atom. The average molecular weight is 425 g/mol. The SMILES string of the molecule is O=Cc1ccc(C(=O)OCC(=O)Nc2ccccc2OS(F)(F)(F)(F)F)cc1. The molecule has 0 aromatic heterocycles. The zero-order chi connectivity index (χ0) is 21.1. The van der Waals surface area contributed by atoms with Gasteiger partial charge in [0.1, 0.15) is 6.29 Å². The number of aldehydes is 1. The van der Waals surface area contributed by atoms with Gasteiger partial charge in [0.05, 0.1) is 11.3 Å². The molecule has 0 saturated carbocycles. The molecule has 0 aliphatic heterocycles. The molecule has 12 heteroatoms. The number of esters is 1. The van der Waals surface area contributed by atoms with Gasteiger partial charge in [-0.3, -0.25) is 9.59 Å². The van der Waals surface area contributed by atoms with Crippen LogP contribution in [0, 0.1) is 0 Å². The van der Waals surface area contributed by atoms with Crippen molar-refractivity contribution in [1.82, 2.24) is 0 Å². The monoisotopic (exact) mass is 425 g/mol. The Balaban J connectivity index is 2.02. The molecule has 0 unspecified atom stereocenters. The number of hydrogen-bond donors (Lipinski definition) is 1. The molecule has 0 saturated heterocycles. The number of para-hydroxylation sites is 2. The maximum Gasteiger partial charge on any atom is 0.435 e. The molecule has 1 N–H and O–H groups in total. The third kappa shape index (κ3) is 6.87. The summed E-state index contributed by atoms with van der Waals surface area (Å²) in [6.07, 6.45) is 0.550. The van der Waals surface area contributed by atoms with Gasteiger partial charge < -0.3 is 14.2 Å². The Bertz CT molecular complexity index is 916. The molecule has 6 nitrogen and oxygen atoms in total. The van der Waals surface area contributed by atoms with Crippen LogP contribution in [0.15, 0.2) is 48.5 Å². The van der Waals surface area contributed by atoms with Crippen LogP contribution in [-0.2, 0) is 9.53 Å².